The Balaban J connectivity index is 0.000000231. The quantitative estimate of drug-likeness (QED) is 0.479. The molecule has 0 aliphatic heterocycles. The summed E-state index contributed by atoms with van der Waals surface area (Å²) in [5.74, 6) is -1.53. The van der Waals surface area contributed by atoms with E-state index in [1.165, 1.54) is 0 Å². The fraction of sp³-hybridized carbons (Fsp3) is 0.143. The number of hydrogen-bond donors (Lipinski definition) is 0. The highest BCUT2D eigenvalue weighted by atomic mass is 35.5. The van der Waals surface area contributed by atoms with Crippen molar-refractivity contribution in [3.8, 4) is 0 Å². The van der Waals surface area contributed by atoms with Gasteiger partial charge in [-0.2, -0.15) is 26.3 Å². The number of halogens is 9. The molecule has 0 heterocycles. The molecule has 0 N–H and O–H groups in total. The Morgan fingerprint density at radius 2 is 1.09 bits per heavy atom. The summed E-state index contributed by atoms with van der Waals surface area (Å²) in [7, 11) is 0. The van der Waals surface area contributed by atoms with Crippen LogP contribution in [0, 0.1) is 11.6 Å². The molecular weight excluding hydrogens is 356 g/mol. The molecule has 0 aliphatic rings. The normalized spacial score (nSPS) is 11.7. The Labute approximate surface area is 130 Å². The average Bonchev–Trinajstić information content (AvgIpc) is 2.41. The van der Waals surface area contributed by atoms with E-state index in [4.69, 9.17) is 11.6 Å². The zero-order chi connectivity index (χ0) is 17.8. The summed E-state index contributed by atoms with van der Waals surface area (Å²) in [6.07, 6.45) is -8.86. The van der Waals surface area contributed by atoms with Crippen LogP contribution < -0.4 is 0 Å². The van der Waals surface area contributed by atoms with Crippen LogP contribution in [0.3, 0.4) is 0 Å². The number of hydrogen-bond acceptors (Lipinski definition) is 0. The van der Waals surface area contributed by atoms with E-state index in [9.17, 15) is 35.1 Å². The van der Waals surface area contributed by atoms with E-state index in [0.717, 1.165) is 12.1 Å². The van der Waals surface area contributed by atoms with Crippen molar-refractivity contribution in [2.24, 2.45) is 0 Å². The minimum absolute atomic E-state index is 0.523. The third-order valence-electron chi connectivity index (χ3n) is 2.42. The Morgan fingerprint density at radius 3 is 1.48 bits per heavy atom. The molecule has 2 aromatic carbocycles. The van der Waals surface area contributed by atoms with Crippen molar-refractivity contribution in [2.75, 3.05) is 0 Å². The second-order valence-corrected chi connectivity index (χ2v) is 4.54. The van der Waals surface area contributed by atoms with Crippen molar-refractivity contribution in [1.29, 1.82) is 0 Å². The van der Waals surface area contributed by atoms with Gasteiger partial charge in [0, 0.05) is 0 Å². The SMILES string of the molecule is Fc1ccc(C(F)(F)F)cc1.Fc1ccc(C(F)(F)F)cc1Cl. The average molecular weight is 363 g/mol. The highest BCUT2D eigenvalue weighted by molar-refractivity contribution is 6.30. The molecule has 0 unspecified atom stereocenters. The molecule has 0 spiro atoms. The van der Waals surface area contributed by atoms with Gasteiger partial charge in [0.1, 0.15) is 11.6 Å². The zero-order valence-corrected chi connectivity index (χ0v) is 11.7. The first-order chi connectivity index (χ1) is 10.4. The smallest absolute Gasteiger partial charge is 0.207 e. The lowest BCUT2D eigenvalue weighted by Gasteiger charge is -2.06. The van der Waals surface area contributed by atoms with E-state index in [2.05, 4.69) is 0 Å². The fourth-order valence-corrected chi connectivity index (χ4v) is 1.49. The maximum atomic E-state index is 12.4. The van der Waals surface area contributed by atoms with Gasteiger partial charge in [0.25, 0.3) is 0 Å². The molecule has 0 saturated carbocycles. The van der Waals surface area contributed by atoms with Gasteiger partial charge < -0.3 is 0 Å². The summed E-state index contributed by atoms with van der Waals surface area (Å²) >= 11 is 5.14. The molecule has 9 heteroatoms. The van der Waals surface area contributed by atoms with Crippen LogP contribution in [-0.4, -0.2) is 0 Å². The standard InChI is InChI=1S/C7H3ClF4.C7H4F4/c8-5-3-4(7(10,11)12)1-2-6(5)9;8-6-3-1-5(2-4-6)7(9,10)11/h1-3H;1-4H. The molecule has 0 atom stereocenters. The molecule has 0 bridgehead atoms. The number of benzene rings is 2. The summed E-state index contributed by atoms with van der Waals surface area (Å²) in [6, 6.07) is 4.85. The monoisotopic (exact) mass is 362 g/mol. The van der Waals surface area contributed by atoms with Crippen LogP contribution in [-0.2, 0) is 12.4 Å². The van der Waals surface area contributed by atoms with E-state index in [-0.39, 0.29) is 0 Å². The third-order valence-corrected chi connectivity index (χ3v) is 2.71. The molecule has 0 nitrogen and oxygen atoms in total. The third kappa shape index (κ3) is 6.05. The van der Waals surface area contributed by atoms with Crippen LogP contribution in [0.5, 0.6) is 0 Å². The Kier molecular flexibility index (Phi) is 5.98. The molecule has 0 saturated heterocycles. The molecule has 0 radical (unpaired) electrons. The summed E-state index contributed by atoms with van der Waals surface area (Å²) in [5.41, 5.74) is -1.78. The summed E-state index contributed by atoms with van der Waals surface area (Å²) in [5, 5.41) is -0.523. The Morgan fingerprint density at radius 1 is 0.652 bits per heavy atom. The molecule has 0 aromatic heterocycles. The van der Waals surface area contributed by atoms with E-state index in [1.807, 2.05) is 0 Å². The lowest BCUT2D eigenvalue weighted by Crippen LogP contribution is -2.04. The highest BCUT2D eigenvalue weighted by Gasteiger charge is 2.31. The van der Waals surface area contributed by atoms with E-state index >= 15 is 0 Å². The van der Waals surface area contributed by atoms with Crippen molar-refractivity contribution in [3.05, 3.63) is 70.2 Å². The maximum Gasteiger partial charge on any atom is 0.416 e. The van der Waals surface area contributed by atoms with Gasteiger partial charge in [-0.1, -0.05) is 11.6 Å². The van der Waals surface area contributed by atoms with E-state index < -0.39 is 40.1 Å². The highest BCUT2D eigenvalue weighted by Crippen LogP contribution is 2.31. The van der Waals surface area contributed by atoms with Gasteiger partial charge >= 0.3 is 12.4 Å². The number of alkyl halides is 6. The summed E-state index contributed by atoms with van der Waals surface area (Å²) in [6.45, 7) is 0. The molecule has 2 rings (SSSR count). The molecule has 23 heavy (non-hydrogen) atoms. The second kappa shape index (κ2) is 7.16. The largest absolute Gasteiger partial charge is 0.416 e. The Hall–Kier alpha value is -1.83. The van der Waals surface area contributed by atoms with Gasteiger partial charge in [-0.3, -0.25) is 0 Å². The first kappa shape index (κ1) is 19.2. The summed E-state index contributed by atoms with van der Waals surface area (Å²) in [4.78, 5) is 0. The first-order valence-corrected chi connectivity index (χ1v) is 6.14. The van der Waals surface area contributed by atoms with Crippen molar-refractivity contribution < 1.29 is 35.1 Å². The predicted molar refractivity (Wildman–Crippen MR) is 67.8 cm³/mol. The molecule has 0 fully saturated rings. The minimum atomic E-state index is -4.47. The fourth-order valence-electron chi connectivity index (χ4n) is 1.31. The molecular formula is C14H7ClF8. The first-order valence-electron chi connectivity index (χ1n) is 5.76. The van der Waals surface area contributed by atoms with Gasteiger partial charge in [-0.15, -0.1) is 0 Å². The number of rotatable bonds is 0. The van der Waals surface area contributed by atoms with Crippen LogP contribution in [0.4, 0.5) is 35.1 Å². The van der Waals surface area contributed by atoms with Gasteiger partial charge in [0.2, 0.25) is 0 Å². The molecule has 0 aliphatic carbocycles. The minimum Gasteiger partial charge on any atom is -0.207 e. The van der Waals surface area contributed by atoms with E-state index in [0.29, 0.717) is 30.3 Å². The maximum absolute atomic E-state index is 12.4. The predicted octanol–water partition coefficient (Wildman–Crippen LogP) is 6.34. The van der Waals surface area contributed by atoms with Crippen molar-refractivity contribution in [1.82, 2.24) is 0 Å². The molecule has 126 valence electrons. The Bertz CT molecular complexity index is 643. The van der Waals surface area contributed by atoms with Gasteiger partial charge in [-0.25, -0.2) is 8.78 Å². The van der Waals surface area contributed by atoms with Crippen LogP contribution in [0.1, 0.15) is 11.1 Å². The lowest BCUT2D eigenvalue weighted by atomic mass is 10.2. The van der Waals surface area contributed by atoms with E-state index in [1.54, 1.807) is 0 Å². The zero-order valence-electron chi connectivity index (χ0n) is 10.9. The van der Waals surface area contributed by atoms with Crippen molar-refractivity contribution in [3.63, 3.8) is 0 Å². The van der Waals surface area contributed by atoms with Crippen molar-refractivity contribution in [2.45, 2.75) is 12.4 Å². The van der Waals surface area contributed by atoms with Gasteiger partial charge in [0.15, 0.2) is 0 Å². The molecule has 0 amide bonds. The second-order valence-electron chi connectivity index (χ2n) is 4.13. The van der Waals surface area contributed by atoms with Crippen LogP contribution >= 0.6 is 11.6 Å². The van der Waals surface area contributed by atoms with Crippen LogP contribution in [0.2, 0.25) is 5.02 Å². The lowest BCUT2D eigenvalue weighted by molar-refractivity contribution is -0.138. The topological polar surface area (TPSA) is 0 Å². The van der Waals surface area contributed by atoms with Crippen LogP contribution in [0.25, 0.3) is 0 Å². The van der Waals surface area contributed by atoms with Crippen molar-refractivity contribution >= 4 is 11.6 Å². The van der Waals surface area contributed by atoms with Gasteiger partial charge in [0.05, 0.1) is 16.1 Å². The molecule has 2 aromatic rings. The summed E-state index contributed by atoms with van der Waals surface area (Å²) < 4.78 is 95.6. The van der Waals surface area contributed by atoms with Crippen LogP contribution in [0.15, 0.2) is 42.5 Å². The van der Waals surface area contributed by atoms with Gasteiger partial charge in [-0.05, 0) is 42.5 Å².